The van der Waals surface area contributed by atoms with Gasteiger partial charge in [0.25, 0.3) is 10.0 Å². The Balaban J connectivity index is 1.74. The Morgan fingerprint density at radius 1 is 1.15 bits per heavy atom. The van der Waals surface area contributed by atoms with Crippen molar-refractivity contribution in [2.75, 3.05) is 0 Å². The summed E-state index contributed by atoms with van der Waals surface area (Å²) in [6.45, 7) is 0. The highest BCUT2D eigenvalue weighted by atomic mass is 79.9. The van der Waals surface area contributed by atoms with Crippen molar-refractivity contribution in [3.63, 3.8) is 0 Å². The summed E-state index contributed by atoms with van der Waals surface area (Å²) in [6, 6.07) is 15.0. The van der Waals surface area contributed by atoms with Crippen LogP contribution in [0, 0.1) is 0 Å². The van der Waals surface area contributed by atoms with E-state index < -0.39 is 10.0 Å². The molecule has 0 aliphatic heterocycles. The van der Waals surface area contributed by atoms with Gasteiger partial charge in [0.2, 0.25) is 9.30 Å². The Hall–Kier alpha value is -2.27. The standard InChI is InChI=1S/C16H11BrN4O3S2/c17-10-4-3-5-11(8-10)24-14-7-2-1-6-12(14)13-9-21-15(19-13)25-16(20-21)26(18,22)23/h1-9H,(H2,18,22,23). The van der Waals surface area contributed by atoms with E-state index in [4.69, 9.17) is 9.88 Å². The van der Waals surface area contributed by atoms with E-state index in [1.807, 2.05) is 48.5 Å². The second-order valence-corrected chi connectivity index (χ2v) is 8.93. The molecule has 2 aromatic heterocycles. The third-order valence-electron chi connectivity index (χ3n) is 3.45. The van der Waals surface area contributed by atoms with Gasteiger partial charge in [-0.1, -0.05) is 45.5 Å². The Bertz CT molecular complexity index is 1190. The number of nitrogens with two attached hydrogens (primary N) is 1. The van der Waals surface area contributed by atoms with Crippen LogP contribution in [0.3, 0.4) is 0 Å². The number of hydrogen-bond donors (Lipinski definition) is 1. The number of rotatable bonds is 4. The van der Waals surface area contributed by atoms with E-state index in [9.17, 15) is 8.42 Å². The van der Waals surface area contributed by atoms with Gasteiger partial charge in [-0.15, -0.1) is 5.10 Å². The maximum atomic E-state index is 11.4. The summed E-state index contributed by atoms with van der Waals surface area (Å²) in [5, 5.41) is 9.07. The van der Waals surface area contributed by atoms with Gasteiger partial charge in [-0.05, 0) is 30.3 Å². The molecule has 132 valence electrons. The van der Waals surface area contributed by atoms with E-state index in [-0.39, 0.29) is 4.34 Å². The van der Waals surface area contributed by atoms with Crippen molar-refractivity contribution in [3.8, 4) is 22.8 Å². The lowest BCUT2D eigenvalue weighted by Crippen LogP contribution is -2.12. The number of hydrogen-bond acceptors (Lipinski definition) is 6. The van der Waals surface area contributed by atoms with E-state index in [0.717, 1.165) is 21.4 Å². The first kappa shape index (κ1) is 17.2. The number of fused-ring (bicyclic) bond motifs is 1. The summed E-state index contributed by atoms with van der Waals surface area (Å²) in [4.78, 5) is 4.88. The van der Waals surface area contributed by atoms with Crippen molar-refractivity contribution in [3.05, 3.63) is 59.2 Å². The molecular weight excluding hydrogens is 440 g/mol. The Kier molecular flexibility index (Phi) is 4.27. The zero-order valence-electron chi connectivity index (χ0n) is 13.0. The fourth-order valence-corrected chi connectivity index (χ4v) is 4.24. The second kappa shape index (κ2) is 6.47. The zero-order valence-corrected chi connectivity index (χ0v) is 16.3. The molecule has 0 radical (unpaired) electrons. The minimum Gasteiger partial charge on any atom is -0.457 e. The SMILES string of the molecule is NS(=O)(=O)c1nn2cc(-c3ccccc3Oc3cccc(Br)c3)nc2s1. The van der Waals surface area contributed by atoms with Gasteiger partial charge in [0.05, 0.1) is 11.9 Å². The van der Waals surface area contributed by atoms with Crippen LogP contribution in [-0.2, 0) is 10.0 Å². The van der Waals surface area contributed by atoms with E-state index in [2.05, 4.69) is 26.0 Å². The number of halogens is 1. The number of primary sulfonamides is 1. The third kappa shape index (κ3) is 3.36. The summed E-state index contributed by atoms with van der Waals surface area (Å²) in [5.41, 5.74) is 1.39. The van der Waals surface area contributed by atoms with E-state index in [1.165, 1.54) is 4.52 Å². The molecule has 0 aliphatic carbocycles. The van der Waals surface area contributed by atoms with Crippen LogP contribution in [0.5, 0.6) is 11.5 Å². The fourth-order valence-electron chi connectivity index (χ4n) is 2.35. The zero-order chi connectivity index (χ0) is 18.3. The normalized spacial score (nSPS) is 11.8. The number of sulfonamides is 1. The third-order valence-corrected chi connectivity index (χ3v) is 6.18. The molecular formula is C16H11BrN4O3S2. The average Bonchev–Trinajstić information content (AvgIpc) is 3.14. The Morgan fingerprint density at radius 3 is 2.69 bits per heavy atom. The number of ether oxygens (including phenoxy) is 1. The molecule has 0 bridgehead atoms. The molecule has 7 nitrogen and oxygen atoms in total. The summed E-state index contributed by atoms with van der Waals surface area (Å²) in [6.07, 6.45) is 1.64. The van der Waals surface area contributed by atoms with E-state index >= 15 is 0 Å². The molecule has 2 heterocycles. The van der Waals surface area contributed by atoms with Gasteiger partial charge in [-0.3, -0.25) is 0 Å². The van der Waals surface area contributed by atoms with Crippen LogP contribution in [0.2, 0.25) is 0 Å². The maximum absolute atomic E-state index is 11.4. The first-order chi connectivity index (χ1) is 12.4. The lowest BCUT2D eigenvalue weighted by Gasteiger charge is -2.09. The van der Waals surface area contributed by atoms with Crippen LogP contribution >= 0.6 is 27.3 Å². The molecule has 0 unspecified atom stereocenters. The number of benzene rings is 2. The topological polar surface area (TPSA) is 99.6 Å². The Labute approximate surface area is 161 Å². The van der Waals surface area contributed by atoms with Crippen LogP contribution in [0.25, 0.3) is 16.2 Å². The molecule has 0 atom stereocenters. The van der Waals surface area contributed by atoms with Gasteiger partial charge >= 0.3 is 0 Å². The van der Waals surface area contributed by atoms with Gasteiger partial charge in [0.1, 0.15) is 11.5 Å². The van der Waals surface area contributed by atoms with Crippen LogP contribution < -0.4 is 9.88 Å². The van der Waals surface area contributed by atoms with E-state index in [0.29, 0.717) is 22.2 Å². The smallest absolute Gasteiger partial charge is 0.267 e. The maximum Gasteiger partial charge on any atom is 0.267 e. The minimum atomic E-state index is -3.85. The average molecular weight is 451 g/mol. The quantitative estimate of drug-likeness (QED) is 0.511. The van der Waals surface area contributed by atoms with Gasteiger partial charge in [0, 0.05) is 10.0 Å². The van der Waals surface area contributed by atoms with Crippen LogP contribution in [0.15, 0.2) is 63.5 Å². The molecule has 0 aliphatic rings. The predicted molar refractivity (Wildman–Crippen MR) is 102 cm³/mol. The molecule has 0 amide bonds. The number of imidazole rings is 1. The number of aromatic nitrogens is 3. The number of nitrogens with zero attached hydrogens (tertiary/aromatic N) is 3. The first-order valence-corrected chi connectivity index (χ1v) is 10.5. The van der Waals surface area contributed by atoms with Crippen molar-refractivity contribution >= 4 is 42.3 Å². The molecule has 0 fully saturated rings. The van der Waals surface area contributed by atoms with Crippen LogP contribution in [0.1, 0.15) is 0 Å². The molecule has 0 saturated heterocycles. The molecule has 4 aromatic rings. The van der Waals surface area contributed by atoms with Crippen molar-refractivity contribution in [2.24, 2.45) is 5.14 Å². The van der Waals surface area contributed by atoms with Crippen molar-refractivity contribution < 1.29 is 13.2 Å². The molecule has 26 heavy (non-hydrogen) atoms. The van der Waals surface area contributed by atoms with E-state index in [1.54, 1.807) is 6.20 Å². The van der Waals surface area contributed by atoms with Gasteiger partial charge in [-0.25, -0.2) is 23.1 Å². The van der Waals surface area contributed by atoms with Gasteiger partial charge in [-0.2, -0.15) is 0 Å². The molecule has 2 aromatic carbocycles. The summed E-state index contributed by atoms with van der Waals surface area (Å²) in [7, 11) is -3.85. The highest BCUT2D eigenvalue weighted by Crippen LogP contribution is 2.34. The molecule has 0 spiro atoms. The summed E-state index contributed by atoms with van der Waals surface area (Å²) < 4.78 is 30.9. The molecule has 10 heteroatoms. The first-order valence-electron chi connectivity index (χ1n) is 7.32. The highest BCUT2D eigenvalue weighted by Gasteiger charge is 2.18. The summed E-state index contributed by atoms with van der Waals surface area (Å²) in [5.74, 6) is 1.31. The second-order valence-electron chi connectivity index (χ2n) is 5.32. The summed E-state index contributed by atoms with van der Waals surface area (Å²) >= 11 is 4.33. The van der Waals surface area contributed by atoms with Crippen molar-refractivity contribution in [1.82, 2.24) is 14.6 Å². The highest BCUT2D eigenvalue weighted by molar-refractivity contribution is 9.10. The van der Waals surface area contributed by atoms with Crippen molar-refractivity contribution in [2.45, 2.75) is 4.34 Å². The van der Waals surface area contributed by atoms with Gasteiger partial charge in [0.15, 0.2) is 0 Å². The van der Waals surface area contributed by atoms with Gasteiger partial charge < -0.3 is 4.74 Å². The number of para-hydroxylation sites is 1. The fraction of sp³-hybridized carbons (Fsp3) is 0. The molecule has 2 N–H and O–H groups in total. The lowest BCUT2D eigenvalue weighted by molar-refractivity contribution is 0.484. The minimum absolute atomic E-state index is 0.176. The molecule has 4 rings (SSSR count). The van der Waals surface area contributed by atoms with Crippen molar-refractivity contribution in [1.29, 1.82) is 0 Å². The predicted octanol–water partition coefficient (Wildman–Crippen LogP) is 3.66. The molecule has 0 saturated carbocycles. The monoisotopic (exact) mass is 450 g/mol. The Morgan fingerprint density at radius 2 is 1.96 bits per heavy atom. The largest absolute Gasteiger partial charge is 0.457 e. The van der Waals surface area contributed by atoms with Crippen LogP contribution in [-0.4, -0.2) is 23.0 Å². The lowest BCUT2D eigenvalue weighted by atomic mass is 10.1. The van der Waals surface area contributed by atoms with Crippen LogP contribution in [0.4, 0.5) is 0 Å².